The second-order valence-electron chi connectivity index (χ2n) is 6.40. The van der Waals surface area contributed by atoms with E-state index in [1.54, 1.807) is 14.2 Å². The number of piperidine rings is 1. The van der Waals surface area contributed by atoms with E-state index in [0.29, 0.717) is 23.7 Å². The standard InChI is InChI=1S/C19H25N3O3/c1-13-9-16(20-11-13)19(23)22-8-4-5-15(12-22)21-14-6-7-17(24-2)18(10-14)25-3/h6-7,9-11,15,20-21H,4-5,8,12H2,1-3H3/t15-/m1/s1. The number of aryl methyl sites for hydroxylation is 1. The summed E-state index contributed by atoms with van der Waals surface area (Å²) in [6, 6.07) is 7.89. The number of likely N-dealkylation sites (tertiary alicyclic amines) is 1. The van der Waals surface area contributed by atoms with Gasteiger partial charge in [0.15, 0.2) is 11.5 Å². The third kappa shape index (κ3) is 3.90. The third-order valence-electron chi connectivity index (χ3n) is 4.52. The van der Waals surface area contributed by atoms with Crippen LogP contribution in [0.3, 0.4) is 0 Å². The number of carbonyl (C=O) groups excluding carboxylic acids is 1. The van der Waals surface area contributed by atoms with E-state index in [-0.39, 0.29) is 11.9 Å². The Bertz CT molecular complexity index is 741. The molecular formula is C19H25N3O3. The van der Waals surface area contributed by atoms with Crippen LogP contribution in [0.5, 0.6) is 11.5 Å². The van der Waals surface area contributed by atoms with Crippen LogP contribution >= 0.6 is 0 Å². The van der Waals surface area contributed by atoms with Crippen LogP contribution < -0.4 is 14.8 Å². The van der Waals surface area contributed by atoms with Crippen molar-refractivity contribution >= 4 is 11.6 Å². The van der Waals surface area contributed by atoms with Gasteiger partial charge in [0.25, 0.3) is 5.91 Å². The molecule has 1 aliphatic heterocycles. The van der Waals surface area contributed by atoms with Crippen LogP contribution in [0, 0.1) is 6.92 Å². The minimum Gasteiger partial charge on any atom is -0.493 e. The molecule has 1 fully saturated rings. The van der Waals surface area contributed by atoms with E-state index >= 15 is 0 Å². The van der Waals surface area contributed by atoms with Gasteiger partial charge in [0.05, 0.1) is 14.2 Å². The normalized spacial score (nSPS) is 17.2. The zero-order valence-electron chi connectivity index (χ0n) is 15.0. The number of aromatic nitrogens is 1. The topological polar surface area (TPSA) is 66.6 Å². The van der Waals surface area contributed by atoms with Crippen molar-refractivity contribution in [3.8, 4) is 11.5 Å². The molecule has 1 atom stereocenters. The Kier molecular flexibility index (Phi) is 5.16. The fourth-order valence-corrected chi connectivity index (χ4v) is 3.24. The number of hydrogen-bond acceptors (Lipinski definition) is 4. The molecule has 0 bridgehead atoms. The molecule has 2 aromatic rings. The highest BCUT2D eigenvalue weighted by molar-refractivity contribution is 5.92. The molecule has 0 radical (unpaired) electrons. The molecule has 6 heteroatoms. The van der Waals surface area contributed by atoms with Crippen LogP contribution in [0.1, 0.15) is 28.9 Å². The Morgan fingerprint density at radius 1 is 1.24 bits per heavy atom. The molecule has 6 nitrogen and oxygen atoms in total. The third-order valence-corrected chi connectivity index (χ3v) is 4.52. The van der Waals surface area contributed by atoms with Gasteiger partial charge in [0.2, 0.25) is 0 Å². The monoisotopic (exact) mass is 343 g/mol. The van der Waals surface area contributed by atoms with Gasteiger partial charge in [-0.15, -0.1) is 0 Å². The smallest absolute Gasteiger partial charge is 0.270 e. The lowest BCUT2D eigenvalue weighted by molar-refractivity contribution is 0.0709. The summed E-state index contributed by atoms with van der Waals surface area (Å²) in [6.07, 6.45) is 3.87. The number of benzene rings is 1. The van der Waals surface area contributed by atoms with E-state index in [1.165, 1.54) is 0 Å². The van der Waals surface area contributed by atoms with Crippen LogP contribution in [0.2, 0.25) is 0 Å². The fraction of sp³-hybridized carbons (Fsp3) is 0.421. The maximum Gasteiger partial charge on any atom is 0.270 e. The summed E-state index contributed by atoms with van der Waals surface area (Å²) in [5, 5.41) is 3.51. The van der Waals surface area contributed by atoms with Crippen molar-refractivity contribution < 1.29 is 14.3 Å². The average molecular weight is 343 g/mol. The highest BCUT2D eigenvalue weighted by atomic mass is 16.5. The SMILES string of the molecule is COc1ccc(N[C@@H]2CCCN(C(=O)c3cc(C)c[nH]3)C2)cc1OC. The number of H-pyrrole nitrogens is 1. The minimum atomic E-state index is 0.0620. The van der Waals surface area contributed by atoms with Gasteiger partial charge in [-0.25, -0.2) is 0 Å². The van der Waals surface area contributed by atoms with Crippen molar-refractivity contribution in [2.75, 3.05) is 32.6 Å². The molecule has 1 aromatic heterocycles. The molecule has 1 amide bonds. The summed E-state index contributed by atoms with van der Waals surface area (Å²) < 4.78 is 10.6. The molecule has 2 heterocycles. The van der Waals surface area contributed by atoms with Crippen molar-refractivity contribution in [2.24, 2.45) is 0 Å². The zero-order chi connectivity index (χ0) is 17.8. The van der Waals surface area contributed by atoms with E-state index in [9.17, 15) is 4.79 Å². The van der Waals surface area contributed by atoms with Gasteiger partial charge in [0, 0.05) is 37.1 Å². The predicted octanol–water partition coefficient (Wildman–Crippen LogP) is 3.06. The molecule has 134 valence electrons. The summed E-state index contributed by atoms with van der Waals surface area (Å²) in [5.74, 6) is 1.46. The molecule has 1 saturated heterocycles. The number of ether oxygens (including phenoxy) is 2. The average Bonchev–Trinajstić information content (AvgIpc) is 3.07. The van der Waals surface area contributed by atoms with Crippen LogP contribution in [-0.4, -0.2) is 49.1 Å². The van der Waals surface area contributed by atoms with Gasteiger partial charge < -0.3 is 24.7 Å². The Balaban J connectivity index is 1.66. The summed E-state index contributed by atoms with van der Waals surface area (Å²) in [6.45, 7) is 3.46. The van der Waals surface area contributed by atoms with Gasteiger partial charge in [-0.2, -0.15) is 0 Å². The first-order valence-corrected chi connectivity index (χ1v) is 8.53. The minimum absolute atomic E-state index is 0.0620. The van der Waals surface area contributed by atoms with Crippen molar-refractivity contribution in [3.05, 3.63) is 41.7 Å². The van der Waals surface area contributed by atoms with Crippen LogP contribution in [0.4, 0.5) is 5.69 Å². The molecule has 3 rings (SSSR count). The molecule has 0 aliphatic carbocycles. The highest BCUT2D eigenvalue weighted by Gasteiger charge is 2.25. The summed E-state index contributed by atoms with van der Waals surface area (Å²) in [7, 11) is 3.25. The Morgan fingerprint density at radius 2 is 2.04 bits per heavy atom. The van der Waals surface area contributed by atoms with Crippen molar-refractivity contribution in [2.45, 2.75) is 25.8 Å². The highest BCUT2D eigenvalue weighted by Crippen LogP contribution is 2.30. The Labute approximate surface area is 148 Å². The molecule has 0 saturated carbocycles. The largest absolute Gasteiger partial charge is 0.493 e. The number of methoxy groups -OCH3 is 2. The van der Waals surface area contributed by atoms with Crippen molar-refractivity contribution in [1.29, 1.82) is 0 Å². The second kappa shape index (κ2) is 7.51. The zero-order valence-corrected chi connectivity index (χ0v) is 15.0. The molecule has 25 heavy (non-hydrogen) atoms. The molecule has 0 unspecified atom stereocenters. The Morgan fingerprint density at radius 3 is 2.72 bits per heavy atom. The fourth-order valence-electron chi connectivity index (χ4n) is 3.24. The number of hydrogen-bond donors (Lipinski definition) is 2. The number of aromatic amines is 1. The molecule has 1 aliphatic rings. The first-order chi connectivity index (χ1) is 12.1. The van der Waals surface area contributed by atoms with Gasteiger partial charge in [-0.05, 0) is 43.5 Å². The van der Waals surface area contributed by atoms with Gasteiger partial charge in [-0.1, -0.05) is 0 Å². The quantitative estimate of drug-likeness (QED) is 0.876. The summed E-state index contributed by atoms with van der Waals surface area (Å²) in [5.41, 5.74) is 2.69. The van der Waals surface area contributed by atoms with Crippen LogP contribution in [-0.2, 0) is 0 Å². The second-order valence-corrected chi connectivity index (χ2v) is 6.40. The van der Waals surface area contributed by atoms with Gasteiger partial charge in [0.1, 0.15) is 5.69 Å². The van der Waals surface area contributed by atoms with Crippen LogP contribution in [0.25, 0.3) is 0 Å². The maximum absolute atomic E-state index is 12.6. The van der Waals surface area contributed by atoms with E-state index in [2.05, 4.69) is 10.3 Å². The lowest BCUT2D eigenvalue weighted by Crippen LogP contribution is -2.45. The predicted molar refractivity (Wildman–Crippen MR) is 97.6 cm³/mol. The molecule has 2 N–H and O–H groups in total. The van der Waals surface area contributed by atoms with Crippen molar-refractivity contribution in [3.63, 3.8) is 0 Å². The number of anilines is 1. The lowest BCUT2D eigenvalue weighted by Gasteiger charge is -2.33. The first-order valence-electron chi connectivity index (χ1n) is 8.53. The summed E-state index contributed by atoms with van der Waals surface area (Å²) >= 11 is 0. The number of carbonyl (C=O) groups is 1. The van der Waals surface area contributed by atoms with E-state index < -0.39 is 0 Å². The van der Waals surface area contributed by atoms with Crippen molar-refractivity contribution in [1.82, 2.24) is 9.88 Å². The van der Waals surface area contributed by atoms with E-state index in [4.69, 9.17) is 9.47 Å². The number of amides is 1. The van der Waals surface area contributed by atoms with E-state index in [0.717, 1.165) is 30.6 Å². The van der Waals surface area contributed by atoms with Gasteiger partial charge in [-0.3, -0.25) is 4.79 Å². The molecule has 0 spiro atoms. The summed E-state index contributed by atoms with van der Waals surface area (Å²) in [4.78, 5) is 17.6. The Hall–Kier alpha value is -2.63. The first kappa shape index (κ1) is 17.2. The lowest BCUT2D eigenvalue weighted by atomic mass is 10.0. The molecule has 1 aromatic carbocycles. The van der Waals surface area contributed by atoms with E-state index in [1.807, 2.05) is 42.3 Å². The number of nitrogens with one attached hydrogen (secondary N) is 2. The van der Waals surface area contributed by atoms with Gasteiger partial charge >= 0.3 is 0 Å². The number of nitrogens with zero attached hydrogens (tertiary/aromatic N) is 1. The number of rotatable bonds is 5. The molecular weight excluding hydrogens is 318 g/mol. The maximum atomic E-state index is 12.6. The van der Waals surface area contributed by atoms with Crippen LogP contribution in [0.15, 0.2) is 30.5 Å².